The third-order valence-electron chi connectivity index (χ3n) is 6.76. The average molecular weight is 412 g/mol. The van der Waals surface area contributed by atoms with Gasteiger partial charge in [-0.05, 0) is 60.5 Å². The molecule has 0 spiro atoms. The van der Waals surface area contributed by atoms with Gasteiger partial charge in [-0.15, -0.1) is 11.3 Å². The van der Waals surface area contributed by atoms with Gasteiger partial charge in [0.05, 0.1) is 6.10 Å². The molecule has 2 fully saturated rings. The van der Waals surface area contributed by atoms with Gasteiger partial charge in [-0.3, -0.25) is 9.69 Å². The number of amides is 1. The largest absolute Gasteiger partial charge is 0.381 e. The molecule has 5 nitrogen and oxygen atoms in total. The van der Waals surface area contributed by atoms with Gasteiger partial charge in [0.2, 0.25) is 0 Å². The zero-order valence-electron chi connectivity index (χ0n) is 17.0. The van der Waals surface area contributed by atoms with E-state index in [1.807, 2.05) is 28.4 Å². The topological polar surface area (TPSA) is 36.0 Å². The number of rotatable bonds is 4. The Morgan fingerprint density at radius 3 is 2.55 bits per heavy atom. The van der Waals surface area contributed by atoms with Crippen LogP contribution in [0.25, 0.3) is 0 Å². The number of likely N-dealkylation sites (tertiary alicyclic amines) is 1. The van der Waals surface area contributed by atoms with E-state index in [0.717, 1.165) is 64.1 Å². The van der Waals surface area contributed by atoms with Crippen LogP contribution in [0, 0.1) is 0 Å². The summed E-state index contributed by atoms with van der Waals surface area (Å²) in [6, 6.07) is 10.9. The predicted molar refractivity (Wildman–Crippen MR) is 117 cm³/mol. The summed E-state index contributed by atoms with van der Waals surface area (Å²) in [5.74, 6) is 0.166. The van der Waals surface area contributed by atoms with Crippen molar-refractivity contribution in [2.45, 2.75) is 38.0 Å². The number of carbonyl (C=O) groups excluding carboxylic acids is 1. The minimum atomic E-state index is 0.166. The van der Waals surface area contributed by atoms with Gasteiger partial charge in [0.25, 0.3) is 5.91 Å². The number of methoxy groups -OCH3 is 1. The molecule has 0 N–H and O–H groups in total. The van der Waals surface area contributed by atoms with Gasteiger partial charge in [0, 0.05) is 68.5 Å². The SMILES string of the molecule is COC1CCN(c2ccc(C(=O)N3CC(N4CCc5sccc5C4)C3)cc2)CC1. The van der Waals surface area contributed by atoms with E-state index in [9.17, 15) is 4.79 Å². The summed E-state index contributed by atoms with van der Waals surface area (Å²) in [4.78, 5) is 21.3. The van der Waals surface area contributed by atoms with Crippen LogP contribution in [-0.2, 0) is 17.7 Å². The first-order chi connectivity index (χ1) is 14.2. The van der Waals surface area contributed by atoms with Crippen LogP contribution < -0.4 is 4.90 Å². The molecule has 2 aromatic rings. The highest BCUT2D eigenvalue weighted by Gasteiger charge is 2.36. The van der Waals surface area contributed by atoms with E-state index in [4.69, 9.17) is 4.74 Å². The van der Waals surface area contributed by atoms with Gasteiger partial charge in [0.15, 0.2) is 0 Å². The van der Waals surface area contributed by atoms with Crippen LogP contribution >= 0.6 is 11.3 Å². The van der Waals surface area contributed by atoms with Crippen LogP contribution in [0.15, 0.2) is 35.7 Å². The van der Waals surface area contributed by atoms with Crippen LogP contribution in [0.4, 0.5) is 5.69 Å². The average Bonchev–Trinajstić information content (AvgIpc) is 3.21. The molecule has 5 rings (SSSR count). The molecule has 154 valence electrons. The molecule has 0 atom stereocenters. The summed E-state index contributed by atoms with van der Waals surface area (Å²) in [7, 11) is 1.80. The molecule has 3 aliphatic heterocycles. The lowest BCUT2D eigenvalue weighted by Crippen LogP contribution is -2.61. The number of carbonyl (C=O) groups is 1. The van der Waals surface area contributed by atoms with E-state index >= 15 is 0 Å². The maximum absolute atomic E-state index is 12.9. The Bertz CT molecular complexity index is 851. The summed E-state index contributed by atoms with van der Waals surface area (Å²) in [5, 5.41) is 2.20. The van der Waals surface area contributed by atoms with Crippen molar-refractivity contribution in [2.75, 3.05) is 44.7 Å². The second-order valence-electron chi connectivity index (χ2n) is 8.42. The predicted octanol–water partition coefficient (Wildman–Crippen LogP) is 3.25. The maximum Gasteiger partial charge on any atom is 0.253 e. The number of thiophene rings is 1. The Hall–Kier alpha value is -1.89. The Morgan fingerprint density at radius 2 is 1.83 bits per heavy atom. The number of nitrogens with zero attached hydrogens (tertiary/aromatic N) is 3. The first-order valence-corrected chi connectivity index (χ1v) is 11.6. The fourth-order valence-electron chi connectivity index (χ4n) is 4.78. The van der Waals surface area contributed by atoms with Crippen LogP contribution in [0.3, 0.4) is 0 Å². The Morgan fingerprint density at radius 1 is 1.07 bits per heavy atom. The van der Waals surface area contributed by atoms with Crippen molar-refractivity contribution < 1.29 is 9.53 Å². The molecule has 0 unspecified atom stereocenters. The summed E-state index contributed by atoms with van der Waals surface area (Å²) >= 11 is 1.88. The zero-order valence-corrected chi connectivity index (χ0v) is 17.9. The number of benzene rings is 1. The lowest BCUT2D eigenvalue weighted by Gasteiger charge is -2.46. The number of anilines is 1. The standard InChI is InChI=1S/C23H29N3O2S/c1-28-21-6-10-24(11-7-21)19-4-2-17(3-5-19)23(27)26-15-20(16-26)25-12-8-22-18(14-25)9-13-29-22/h2-5,9,13,20-21H,6-8,10-12,14-16H2,1H3. The van der Waals surface area contributed by atoms with Crippen LogP contribution in [-0.4, -0.2) is 67.7 Å². The van der Waals surface area contributed by atoms with Crippen LogP contribution in [0.5, 0.6) is 0 Å². The van der Waals surface area contributed by atoms with E-state index in [0.29, 0.717) is 12.1 Å². The summed E-state index contributed by atoms with van der Waals surface area (Å²) < 4.78 is 5.46. The van der Waals surface area contributed by atoms with Gasteiger partial charge in [-0.25, -0.2) is 0 Å². The van der Waals surface area contributed by atoms with Crippen molar-refractivity contribution in [3.05, 3.63) is 51.7 Å². The van der Waals surface area contributed by atoms with Crippen molar-refractivity contribution in [3.63, 3.8) is 0 Å². The molecule has 2 saturated heterocycles. The Balaban J connectivity index is 1.14. The van der Waals surface area contributed by atoms with Gasteiger partial charge in [0.1, 0.15) is 0 Å². The third-order valence-corrected chi connectivity index (χ3v) is 7.78. The summed E-state index contributed by atoms with van der Waals surface area (Å²) in [6.45, 7) is 5.90. The highest BCUT2D eigenvalue weighted by molar-refractivity contribution is 7.10. The fraction of sp³-hybridized carbons (Fsp3) is 0.522. The number of hydrogen-bond acceptors (Lipinski definition) is 5. The molecule has 1 amide bonds. The second-order valence-corrected chi connectivity index (χ2v) is 9.42. The summed E-state index contributed by atoms with van der Waals surface area (Å²) in [6.07, 6.45) is 3.67. The van der Waals surface area contributed by atoms with Crippen molar-refractivity contribution in [1.29, 1.82) is 0 Å². The molecule has 1 aromatic heterocycles. The van der Waals surface area contributed by atoms with E-state index in [-0.39, 0.29) is 5.91 Å². The molecule has 0 bridgehead atoms. The monoisotopic (exact) mass is 411 g/mol. The van der Waals surface area contributed by atoms with Crippen LogP contribution in [0.1, 0.15) is 33.6 Å². The molecule has 0 saturated carbocycles. The minimum Gasteiger partial charge on any atom is -0.381 e. The summed E-state index contributed by atoms with van der Waals surface area (Å²) in [5.41, 5.74) is 3.49. The third kappa shape index (κ3) is 3.81. The number of fused-ring (bicyclic) bond motifs is 1. The van der Waals surface area contributed by atoms with E-state index < -0.39 is 0 Å². The van der Waals surface area contributed by atoms with E-state index in [1.54, 1.807) is 12.0 Å². The quantitative estimate of drug-likeness (QED) is 0.774. The second kappa shape index (κ2) is 8.09. The highest BCUT2D eigenvalue weighted by Crippen LogP contribution is 2.28. The number of ether oxygens (including phenoxy) is 1. The minimum absolute atomic E-state index is 0.166. The molecular formula is C23H29N3O2S. The number of piperidine rings is 1. The van der Waals surface area contributed by atoms with Crippen molar-refractivity contribution in [1.82, 2.24) is 9.80 Å². The molecule has 0 radical (unpaired) electrons. The van der Waals surface area contributed by atoms with E-state index in [2.05, 4.69) is 33.4 Å². The lowest BCUT2D eigenvalue weighted by atomic mass is 10.0. The fourth-order valence-corrected chi connectivity index (χ4v) is 5.67. The molecule has 6 heteroatoms. The van der Waals surface area contributed by atoms with Crippen LogP contribution in [0.2, 0.25) is 0 Å². The first kappa shape index (κ1) is 19.1. The maximum atomic E-state index is 12.9. The number of hydrogen-bond donors (Lipinski definition) is 0. The van der Waals surface area contributed by atoms with Crippen molar-refractivity contribution in [3.8, 4) is 0 Å². The normalized spacial score (nSPS) is 21.1. The van der Waals surface area contributed by atoms with Gasteiger partial charge in [-0.1, -0.05) is 0 Å². The van der Waals surface area contributed by atoms with Gasteiger partial charge in [-0.2, -0.15) is 0 Å². The van der Waals surface area contributed by atoms with Crippen molar-refractivity contribution >= 4 is 22.9 Å². The Labute approximate surface area is 176 Å². The molecular weight excluding hydrogens is 382 g/mol. The molecule has 3 aliphatic rings. The highest BCUT2D eigenvalue weighted by atomic mass is 32.1. The zero-order chi connectivity index (χ0) is 19.8. The smallest absolute Gasteiger partial charge is 0.253 e. The van der Waals surface area contributed by atoms with Gasteiger partial charge >= 0.3 is 0 Å². The molecule has 4 heterocycles. The molecule has 29 heavy (non-hydrogen) atoms. The first-order valence-electron chi connectivity index (χ1n) is 10.7. The van der Waals surface area contributed by atoms with Crippen molar-refractivity contribution in [2.24, 2.45) is 0 Å². The molecule has 1 aromatic carbocycles. The Kier molecular flexibility index (Phi) is 5.33. The lowest BCUT2D eigenvalue weighted by molar-refractivity contribution is 0.0221. The van der Waals surface area contributed by atoms with E-state index in [1.165, 1.54) is 11.3 Å². The van der Waals surface area contributed by atoms with Gasteiger partial charge < -0.3 is 14.5 Å². The molecule has 0 aliphatic carbocycles.